The Morgan fingerprint density at radius 3 is 2.36 bits per heavy atom. The van der Waals surface area contributed by atoms with Crippen LogP contribution in [0.4, 0.5) is 10.5 Å². The van der Waals surface area contributed by atoms with Crippen LogP contribution in [0.5, 0.6) is 11.5 Å². The number of carbonyl (C=O) groups is 1. The van der Waals surface area contributed by atoms with Crippen LogP contribution in [-0.2, 0) is 6.42 Å². The fourth-order valence-corrected chi connectivity index (χ4v) is 2.52. The first-order valence-corrected chi connectivity index (χ1v) is 8.02. The van der Waals surface area contributed by atoms with E-state index in [1.54, 1.807) is 26.4 Å². The zero-order valence-corrected chi connectivity index (χ0v) is 14.7. The van der Waals surface area contributed by atoms with E-state index in [2.05, 4.69) is 10.6 Å². The number of aryl methyl sites for hydroxylation is 1. The Morgan fingerprint density at radius 1 is 1.12 bits per heavy atom. The Morgan fingerprint density at radius 2 is 1.76 bits per heavy atom. The zero-order chi connectivity index (χ0) is 18.2. The Labute approximate surface area is 147 Å². The second-order valence-electron chi connectivity index (χ2n) is 5.69. The number of urea groups is 1. The average molecular weight is 344 g/mol. The minimum absolute atomic E-state index is 0.146. The van der Waals surface area contributed by atoms with Crippen molar-refractivity contribution >= 4 is 11.7 Å². The maximum Gasteiger partial charge on any atom is 0.319 e. The number of anilines is 1. The number of ether oxygens (including phenoxy) is 2. The molecule has 0 radical (unpaired) electrons. The van der Waals surface area contributed by atoms with Crippen molar-refractivity contribution in [3.05, 3.63) is 53.6 Å². The summed E-state index contributed by atoms with van der Waals surface area (Å²) in [6.45, 7) is 1.72. The molecule has 0 aliphatic rings. The molecule has 3 N–H and O–H groups in total. The van der Waals surface area contributed by atoms with Crippen molar-refractivity contribution in [3.63, 3.8) is 0 Å². The second kappa shape index (κ2) is 8.94. The van der Waals surface area contributed by atoms with E-state index in [0.717, 1.165) is 11.1 Å². The van der Waals surface area contributed by atoms with Gasteiger partial charge in [-0.3, -0.25) is 0 Å². The van der Waals surface area contributed by atoms with Crippen molar-refractivity contribution in [2.24, 2.45) is 0 Å². The molecular weight excluding hydrogens is 320 g/mol. The van der Waals surface area contributed by atoms with Gasteiger partial charge < -0.3 is 25.2 Å². The smallest absolute Gasteiger partial charge is 0.319 e. The Hall–Kier alpha value is -2.73. The number of aliphatic hydroxyl groups excluding tert-OH is 1. The fraction of sp³-hybridized carbons (Fsp3) is 0.316. The molecule has 6 nitrogen and oxygen atoms in total. The molecule has 1 atom stereocenters. The van der Waals surface area contributed by atoms with Gasteiger partial charge in [0.15, 0.2) is 11.5 Å². The van der Waals surface area contributed by atoms with E-state index < -0.39 is 0 Å². The highest BCUT2D eigenvalue weighted by Crippen LogP contribution is 2.32. The molecule has 0 aliphatic carbocycles. The summed E-state index contributed by atoms with van der Waals surface area (Å²) in [6, 6.07) is 12.4. The first-order chi connectivity index (χ1) is 12.1. The van der Waals surface area contributed by atoms with Gasteiger partial charge in [0.25, 0.3) is 0 Å². The third-order valence-electron chi connectivity index (χ3n) is 3.86. The number of amides is 2. The summed E-state index contributed by atoms with van der Waals surface area (Å²) in [5, 5.41) is 15.1. The molecule has 0 bridgehead atoms. The maximum absolute atomic E-state index is 12.3. The van der Waals surface area contributed by atoms with Gasteiger partial charge in [-0.05, 0) is 30.5 Å². The molecular formula is C19H24N2O4. The van der Waals surface area contributed by atoms with Gasteiger partial charge >= 0.3 is 6.03 Å². The molecule has 0 saturated carbocycles. The lowest BCUT2D eigenvalue weighted by atomic mass is 10.1. The fourth-order valence-electron chi connectivity index (χ4n) is 2.52. The lowest BCUT2D eigenvalue weighted by molar-refractivity contribution is 0.224. The summed E-state index contributed by atoms with van der Waals surface area (Å²) in [6.07, 6.45) is 0.551. The Balaban J connectivity index is 2.03. The molecule has 0 unspecified atom stereocenters. The molecule has 0 saturated heterocycles. The van der Waals surface area contributed by atoms with Crippen LogP contribution >= 0.6 is 0 Å². The average Bonchev–Trinajstić information content (AvgIpc) is 2.63. The maximum atomic E-state index is 12.3. The lowest BCUT2D eigenvalue weighted by Gasteiger charge is -2.18. The molecule has 0 aliphatic heterocycles. The standard InChI is InChI=1S/C19H24N2O4/c1-13-9-17(24-2)18(25-3)11-16(13)21-19(23)20-15(12-22)10-14-7-5-4-6-8-14/h4-9,11,15,22H,10,12H2,1-3H3,(H2,20,21,23)/t15-/m1/s1. The number of rotatable bonds is 7. The van der Waals surface area contributed by atoms with Crippen LogP contribution in [0.1, 0.15) is 11.1 Å². The van der Waals surface area contributed by atoms with E-state index in [1.165, 1.54) is 0 Å². The molecule has 0 spiro atoms. The van der Waals surface area contributed by atoms with Gasteiger partial charge in [0.1, 0.15) is 0 Å². The number of nitrogens with one attached hydrogen (secondary N) is 2. The predicted molar refractivity (Wildman–Crippen MR) is 97.5 cm³/mol. The monoisotopic (exact) mass is 344 g/mol. The van der Waals surface area contributed by atoms with E-state index in [-0.39, 0.29) is 18.7 Å². The van der Waals surface area contributed by atoms with Gasteiger partial charge in [-0.1, -0.05) is 30.3 Å². The first-order valence-electron chi connectivity index (χ1n) is 8.02. The molecule has 2 amide bonds. The van der Waals surface area contributed by atoms with Crippen LogP contribution < -0.4 is 20.1 Å². The van der Waals surface area contributed by atoms with Crippen molar-refractivity contribution < 1.29 is 19.4 Å². The summed E-state index contributed by atoms with van der Waals surface area (Å²) in [5.41, 5.74) is 2.51. The Bertz CT molecular complexity index is 704. The van der Waals surface area contributed by atoms with E-state index in [0.29, 0.717) is 23.6 Å². The number of aliphatic hydroxyl groups is 1. The highest BCUT2D eigenvalue weighted by molar-refractivity contribution is 5.90. The number of hydrogen-bond donors (Lipinski definition) is 3. The topological polar surface area (TPSA) is 79.8 Å². The van der Waals surface area contributed by atoms with Crippen molar-refractivity contribution in [1.29, 1.82) is 0 Å². The molecule has 0 aromatic heterocycles. The number of carbonyl (C=O) groups excluding carboxylic acids is 1. The minimum atomic E-state index is -0.384. The summed E-state index contributed by atoms with van der Waals surface area (Å²) in [7, 11) is 3.10. The van der Waals surface area contributed by atoms with E-state index >= 15 is 0 Å². The summed E-state index contributed by atoms with van der Waals surface area (Å²) < 4.78 is 10.5. The molecule has 6 heteroatoms. The number of methoxy groups -OCH3 is 2. The van der Waals surface area contributed by atoms with Crippen molar-refractivity contribution in [3.8, 4) is 11.5 Å². The van der Waals surface area contributed by atoms with E-state index in [9.17, 15) is 9.90 Å². The summed E-state index contributed by atoms with van der Waals surface area (Å²) in [4.78, 5) is 12.3. The third kappa shape index (κ3) is 5.12. The third-order valence-corrected chi connectivity index (χ3v) is 3.86. The highest BCUT2D eigenvalue weighted by Gasteiger charge is 2.14. The van der Waals surface area contributed by atoms with Gasteiger partial charge in [0.05, 0.1) is 26.9 Å². The van der Waals surface area contributed by atoms with Crippen molar-refractivity contribution in [2.45, 2.75) is 19.4 Å². The molecule has 134 valence electrons. The zero-order valence-electron chi connectivity index (χ0n) is 14.7. The lowest BCUT2D eigenvalue weighted by Crippen LogP contribution is -2.41. The quantitative estimate of drug-likeness (QED) is 0.721. The SMILES string of the molecule is COc1cc(C)c(NC(=O)N[C@@H](CO)Cc2ccccc2)cc1OC. The minimum Gasteiger partial charge on any atom is -0.493 e. The van der Waals surface area contributed by atoms with E-state index in [4.69, 9.17) is 9.47 Å². The van der Waals surface area contributed by atoms with Gasteiger partial charge in [0.2, 0.25) is 0 Å². The molecule has 2 aromatic carbocycles. The predicted octanol–water partition coefficient (Wildman–Crippen LogP) is 2.74. The number of benzene rings is 2. The van der Waals surface area contributed by atoms with Gasteiger partial charge in [0, 0.05) is 11.8 Å². The van der Waals surface area contributed by atoms with Gasteiger partial charge in [-0.25, -0.2) is 4.79 Å². The van der Waals surface area contributed by atoms with Gasteiger partial charge in [-0.15, -0.1) is 0 Å². The van der Waals surface area contributed by atoms with Crippen LogP contribution in [0.25, 0.3) is 0 Å². The van der Waals surface area contributed by atoms with Crippen LogP contribution in [0, 0.1) is 6.92 Å². The first kappa shape index (κ1) is 18.6. The molecule has 0 heterocycles. The summed E-state index contributed by atoms with van der Waals surface area (Å²) >= 11 is 0. The second-order valence-corrected chi connectivity index (χ2v) is 5.69. The summed E-state index contributed by atoms with van der Waals surface area (Å²) in [5.74, 6) is 1.13. The van der Waals surface area contributed by atoms with Crippen LogP contribution in [0.2, 0.25) is 0 Å². The van der Waals surface area contributed by atoms with Crippen LogP contribution in [0.3, 0.4) is 0 Å². The van der Waals surface area contributed by atoms with Crippen LogP contribution in [0.15, 0.2) is 42.5 Å². The molecule has 25 heavy (non-hydrogen) atoms. The van der Waals surface area contributed by atoms with E-state index in [1.807, 2.05) is 37.3 Å². The molecule has 0 fully saturated rings. The molecule has 2 rings (SSSR count). The van der Waals surface area contributed by atoms with Gasteiger partial charge in [-0.2, -0.15) is 0 Å². The Kier molecular flexibility index (Phi) is 6.65. The largest absolute Gasteiger partial charge is 0.493 e. The number of hydrogen-bond acceptors (Lipinski definition) is 4. The van der Waals surface area contributed by atoms with Crippen molar-refractivity contribution in [2.75, 3.05) is 26.1 Å². The van der Waals surface area contributed by atoms with Crippen LogP contribution in [-0.4, -0.2) is 38.0 Å². The van der Waals surface area contributed by atoms with Crippen molar-refractivity contribution in [1.82, 2.24) is 5.32 Å². The normalized spacial score (nSPS) is 11.5. The molecule has 2 aromatic rings. The highest BCUT2D eigenvalue weighted by atomic mass is 16.5.